The molecule has 0 radical (unpaired) electrons. The smallest absolute Gasteiger partial charge is 0.228 e. The van der Waals surface area contributed by atoms with E-state index in [4.69, 9.17) is 0 Å². The second-order valence-electron chi connectivity index (χ2n) is 6.76. The number of hydrogen-bond acceptors (Lipinski definition) is 4. The van der Waals surface area contributed by atoms with E-state index in [1.807, 2.05) is 28.5 Å². The lowest BCUT2D eigenvalue weighted by atomic mass is 10.2. The van der Waals surface area contributed by atoms with Gasteiger partial charge in [-0.2, -0.15) is 0 Å². The first-order chi connectivity index (χ1) is 11.6. The average molecular weight is 343 g/mol. The van der Waals surface area contributed by atoms with E-state index in [1.165, 1.54) is 0 Å². The second kappa shape index (κ2) is 7.90. The highest BCUT2D eigenvalue weighted by Crippen LogP contribution is 2.23. The van der Waals surface area contributed by atoms with E-state index >= 15 is 0 Å². The fourth-order valence-electron chi connectivity index (χ4n) is 3.06. The summed E-state index contributed by atoms with van der Waals surface area (Å²) in [6.07, 6.45) is 0.410. The molecule has 128 valence electrons. The molecule has 1 amide bonds. The van der Waals surface area contributed by atoms with Gasteiger partial charge in [0, 0.05) is 43.7 Å². The summed E-state index contributed by atoms with van der Waals surface area (Å²) in [5.41, 5.74) is 2.00. The fourth-order valence-corrected chi connectivity index (χ4v) is 3.89. The van der Waals surface area contributed by atoms with Crippen LogP contribution in [0.3, 0.4) is 0 Å². The first-order valence-corrected chi connectivity index (χ1v) is 9.49. The molecule has 1 aliphatic rings. The van der Waals surface area contributed by atoms with Crippen LogP contribution in [0.1, 0.15) is 19.5 Å². The first kappa shape index (κ1) is 17.1. The van der Waals surface area contributed by atoms with E-state index in [0.29, 0.717) is 12.3 Å². The van der Waals surface area contributed by atoms with Crippen molar-refractivity contribution in [3.8, 4) is 10.6 Å². The maximum atomic E-state index is 12.5. The highest BCUT2D eigenvalue weighted by molar-refractivity contribution is 7.13. The van der Waals surface area contributed by atoms with Crippen LogP contribution in [0.5, 0.6) is 0 Å². The number of aromatic nitrogens is 1. The Morgan fingerprint density at radius 2 is 1.88 bits per heavy atom. The molecule has 1 fully saturated rings. The van der Waals surface area contributed by atoms with Crippen molar-refractivity contribution < 1.29 is 4.79 Å². The summed E-state index contributed by atoms with van der Waals surface area (Å²) in [5, 5.41) is 3.00. The van der Waals surface area contributed by atoms with Crippen molar-refractivity contribution in [1.29, 1.82) is 0 Å². The lowest BCUT2D eigenvalue weighted by Gasteiger charge is -2.35. The third kappa shape index (κ3) is 4.42. The molecule has 5 heteroatoms. The lowest BCUT2D eigenvalue weighted by molar-refractivity contribution is -0.132. The molecule has 1 aliphatic heterocycles. The number of nitrogens with zero attached hydrogens (tertiary/aromatic N) is 3. The molecule has 3 rings (SSSR count). The average Bonchev–Trinajstić information content (AvgIpc) is 3.04. The van der Waals surface area contributed by atoms with Gasteiger partial charge in [0.1, 0.15) is 5.01 Å². The minimum Gasteiger partial charge on any atom is -0.340 e. The van der Waals surface area contributed by atoms with Crippen LogP contribution in [0.4, 0.5) is 0 Å². The predicted octanol–water partition coefficient (Wildman–Crippen LogP) is 3.15. The summed E-state index contributed by atoms with van der Waals surface area (Å²) in [6, 6.07) is 10.1. The molecular weight excluding hydrogens is 318 g/mol. The zero-order valence-corrected chi connectivity index (χ0v) is 15.3. The molecule has 2 heterocycles. The van der Waals surface area contributed by atoms with Gasteiger partial charge in [-0.15, -0.1) is 11.3 Å². The second-order valence-corrected chi connectivity index (χ2v) is 7.62. The van der Waals surface area contributed by atoms with Crippen molar-refractivity contribution >= 4 is 17.2 Å². The largest absolute Gasteiger partial charge is 0.340 e. The Kier molecular flexibility index (Phi) is 5.63. The van der Waals surface area contributed by atoms with Crippen LogP contribution < -0.4 is 0 Å². The van der Waals surface area contributed by atoms with Gasteiger partial charge in [-0.05, 0) is 5.92 Å². The zero-order valence-electron chi connectivity index (χ0n) is 14.4. The Hall–Kier alpha value is -1.72. The first-order valence-electron chi connectivity index (χ1n) is 8.62. The van der Waals surface area contributed by atoms with Gasteiger partial charge in [-0.25, -0.2) is 4.98 Å². The van der Waals surface area contributed by atoms with Crippen molar-refractivity contribution in [2.75, 3.05) is 32.7 Å². The summed E-state index contributed by atoms with van der Waals surface area (Å²) in [7, 11) is 0. The van der Waals surface area contributed by atoms with E-state index in [-0.39, 0.29) is 5.91 Å². The lowest BCUT2D eigenvalue weighted by Crippen LogP contribution is -2.49. The summed E-state index contributed by atoms with van der Waals surface area (Å²) < 4.78 is 0. The normalized spacial score (nSPS) is 15.9. The number of benzene rings is 1. The molecule has 1 aromatic carbocycles. The standard InChI is InChI=1S/C19H25N3OS/c1-15(2)13-21-8-10-22(11-9-21)18(23)12-17-14-24-19(20-17)16-6-4-3-5-7-16/h3-7,14-15H,8-13H2,1-2H3. The number of carbonyl (C=O) groups is 1. The van der Waals surface area contributed by atoms with E-state index in [1.54, 1.807) is 11.3 Å². The van der Waals surface area contributed by atoms with E-state index in [2.05, 4.69) is 35.9 Å². The van der Waals surface area contributed by atoms with Crippen LogP contribution >= 0.6 is 11.3 Å². The fraction of sp³-hybridized carbons (Fsp3) is 0.474. The number of amides is 1. The molecular formula is C19H25N3OS. The zero-order chi connectivity index (χ0) is 16.9. The summed E-state index contributed by atoms with van der Waals surface area (Å²) in [5.74, 6) is 0.878. The topological polar surface area (TPSA) is 36.4 Å². The number of piperazine rings is 1. The molecule has 0 saturated carbocycles. The summed E-state index contributed by atoms with van der Waals surface area (Å²) in [4.78, 5) is 21.6. The highest BCUT2D eigenvalue weighted by atomic mass is 32.1. The van der Waals surface area contributed by atoms with Crippen LogP contribution in [0, 0.1) is 5.92 Å². The quantitative estimate of drug-likeness (QED) is 0.837. The van der Waals surface area contributed by atoms with Crippen LogP contribution in [-0.2, 0) is 11.2 Å². The minimum atomic E-state index is 0.198. The predicted molar refractivity (Wildman–Crippen MR) is 99.1 cm³/mol. The molecule has 2 aromatic rings. The minimum absolute atomic E-state index is 0.198. The highest BCUT2D eigenvalue weighted by Gasteiger charge is 2.22. The van der Waals surface area contributed by atoms with Gasteiger partial charge < -0.3 is 4.90 Å². The van der Waals surface area contributed by atoms with Crippen LogP contribution in [0.25, 0.3) is 10.6 Å². The maximum absolute atomic E-state index is 12.5. The van der Waals surface area contributed by atoms with Gasteiger partial charge in [-0.1, -0.05) is 44.2 Å². The van der Waals surface area contributed by atoms with Gasteiger partial charge in [0.15, 0.2) is 0 Å². The number of carbonyl (C=O) groups excluding carboxylic acids is 1. The van der Waals surface area contributed by atoms with E-state index in [0.717, 1.165) is 49.0 Å². The van der Waals surface area contributed by atoms with Crippen LogP contribution in [-0.4, -0.2) is 53.4 Å². The van der Waals surface area contributed by atoms with Crippen LogP contribution in [0.2, 0.25) is 0 Å². The van der Waals surface area contributed by atoms with Crippen LogP contribution in [0.15, 0.2) is 35.7 Å². The van der Waals surface area contributed by atoms with E-state index in [9.17, 15) is 4.79 Å². The molecule has 0 aliphatic carbocycles. The van der Waals surface area contributed by atoms with Crippen molar-refractivity contribution in [2.45, 2.75) is 20.3 Å². The van der Waals surface area contributed by atoms with Crippen molar-refractivity contribution in [3.05, 3.63) is 41.4 Å². The number of hydrogen-bond donors (Lipinski definition) is 0. The number of rotatable bonds is 5. The molecule has 24 heavy (non-hydrogen) atoms. The Labute approximate surface area is 148 Å². The monoisotopic (exact) mass is 343 g/mol. The van der Waals surface area contributed by atoms with Gasteiger partial charge in [0.2, 0.25) is 5.91 Å². The molecule has 1 saturated heterocycles. The summed E-state index contributed by atoms with van der Waals surface area (Å²) in [6.45, 7) is 9.23. The van der Waals surface area contributed by atoms with Crippen molar-refractivity contribution in [3.63, 3.8) is 0 Å². The molecule has 0 spiro atoms. The molecule has 0 N–H and O–H groups in total. The molecule has 0 bridgehead atoms. The maximum Gasteiger partial charge on any atom is 0.228 e. The van der Waals surface area contributed by atoms with Crippen molar-refractivity contribution in [2.24, 2.45) is 5.92 Å². The molecule has 1 aromatic heterocycles. The van der Waals surface area contributed by atoms with Crippen molar-refractivity contribution in [1.82, 2.24) is 14.8 Å². The van der Waals surface area contributed by atoms with Gasteiger partial charge in [0.05, 0.1) is 12.1 Å². The Morgan fingerprint density at radius 1 is 1.17 bits per heavy atom. The third-order valence-electron chi connectivity index (χ3n) is 4.25. The third-order valence-corrected chi connectivity index (χ3v) is 5.19. The van der Waals surface area contributed by atoms with Gasteiger partial charge >= 0.3 is 0 Å². The molecule has 0 atom stereocenters. The Balaban J connectivity index is 1.54. The number of thiazole rings is 1. The van der Waals surface area contributed by atoms with E-state index < -0.39 is 0 Å². The molecule has 0 unspecified atom stereocenters. The Bertz CT molecular complexity index is 660. The Morgan fingerprint density at radius 3 is 2.54 bits per heavy atom. The van der Waals surface area contributed by atoms with Gasteiger partial charge in [0.25, 0.3) is 0 Å². The molecule has 4 nitrogen and oxygen atoms in total. The summed E-state index contributed by atoms with van der Waals surface area (Å²) >= 11 is 1.61. The SMILES string of the molecule is CC(C)CN1CCN(C(=O)Cc2csc(-c3ccccc3)n2)CC1. The van der Waals surface area contributed by atoms with Gasteiger partial charge in [-0.3, -0.25) is 9.69 Å².